The third-order valence-electron chi connectivity index (χ3n) is 11.5. The lowest BCUT2D eigenvalue weighted by atomic mass is 9.91. The van der Waals surface area contributed by atoms with Gasteiger partial charge in [0, 0.05) is 38.4 Å². The van der Waals surface area contributed by atoms with Crippen LogP contribution in [0.3, 0.4) is 0 Å². The number of rotatable bonds is 5. The molecule has 0 spiro atoms. The number of benzene rings is 9. The van der Waals surface area contributed by atoms with Crippen LogP contribution in [0, 0.1) is 0 Å². The van der Waals surface area contributed by atoms with Crippen LogP contribution in [0.5, 0.6) is 0 Å². The molecular weight excluding hydrogens is 695 g/mol. The number of nitrogens with zero attached hydrogens (tertiary/aromatic N) is 3. The maximum atomic E-state index is 6.46. The summed E-state index contributed by atoms with van der Waals surface area (Å²) >= 11 is 0. The van der Waals surface area contributed by atoms with E-state index in [1.165, 1.54) is 26.9 Å². The number of pyridine rings is 1. The van der Waals surface area contributed by atoms with Gasteiger partial charge in [0.25, 0.3) is 0 Å². The van der Waals surface area contributed by atoms with Gasteiger partial charge in [0.15, 0.2) is 11.4 Å². The number of hydrogen-bond donors (Lipinski definition) is 0. The molecule has 12 aromatic rings. The number of para-hydroxylation sites is 2. The van der Waals surface area contributed by atoms with E-state index in [2.05, 4.69) is 164 Å². The summed E-state index contributed by atoms with van der Waals surface area (Å²) in [6.07, 6.45) is 0. The first kappa shape index (κ1) is 31.6. The second-order valence-corrected chi connectivity index (χ2v) is 14.7. The molecule has 0 aliphatic carbocycles. The van der Waals surface area contributed by atoms with Gasteiger partial charge in [0.1, 0.15) is 11.3 Å². The summed E-state index contributed by atoms with van der Waals surface area (Å²) in [5, 5.41) is 10.7. The van der Waals surface area contributed by atoms with Crippen molar-refractivity contribution in [3.05, 3.63) is 188 Å². The summed E-state index contributed by atoms with van der Waals surface area (Å²) in [6, 6.07) is 66.1. The molecule has 4 nitrogen and oxygen atoms in total. The van der Waals surface area contributed by atoms with E-state index in [0.717, 1.165) is 88.7 Å². The Morgan fingerprint density at radius 2 is 0.930 bits per heavy atom. The summed E-state index contributed by atoms with van der Waals surface area (Å²) in [5.74, 6) is 0.713. The number of furan rings is 1. The van der Waals surface area contributed by atoms with E-state index in [1.54, 1.807) is 0 Å². The van der Waals surface area contributed by atoms with Crippen LogP contribution in [-0.2, 0) is 0 Å². The quantitative estimate of drug-likeness (QED) is 0.166. The first-order valence-corrected chi connectivity index (χ1v) is 19.3. The Kier molecular flexibility index (Phi) is 6.89. The van der Waals surface area contributed by atoms with Crippen LogP contribution >= 0.6 is 0 Å². The Morgan fingerprint density at radius 3 is 1.68 bits per heavy atom. The fourth-order valence-corrected chi connectivity index (χ4v) is 8.69. The van der Waals surface area contributed by atoms with Crippen molar-refractivity contribution in [2.75, 3.05) is 0 Å². The van der Waals surface area contributed by atoms with E-state index in [1.807, 2.05) is 24.3 Å². The van der Waals surface area contributed by atoms with Gasteiger partial charge in [0.2, 0.25) is 0 Å². The minimum atomic E-state index is 0.713. The molecule has 264 valence electrons. The SMILES string of the molecule is c1ccc(-c2cc(-c3ccc(-c4ccc(-c5nc6ccccc6c6c5oc5ccccc56)cc4)cc3)nc(-c3ccc4ccc5cccc6ccc3c4c56)n2)cc1. The van der Waals surface area contributed by atoms with Gasteiger partial charge in [-0.3, -0.25) is 0 Å². The van der Waals surface area contributed by atoms with Gasteiger partial charge in [-0.15, -0.1) is 0 Å². The molecule has 12 rings (SSSR count). The molecule has 3 aromatic heterocycles. The Hall–Kier alpha value is -7.69. The van der Waals surface area contributed by atoms with E-state index in [4.69, 9.17) is 19.4 Å². The minimum Gasteiger partial charge on any atom is -0.454 e. The van der Waals surface area contributed by atoms with Crippen LogP contribution in [0.4, 0.5) is 0 Å². The average Bonchev–Trinajstić information content (AvgIpc) is 3.68. The van der Waals surface area contributed by atoms with E-state index >= 15 is 0 Å². The molecule has 0 aliphatic heterocycles. The standard InChI is InChI=1S/C53H31N3O/c1-2-9-34(10-3-1)45-31-46(56-53(55-45)41-30-28-38-24-23-36-11-8-12-37-27-29-40(41)49(38)48(36)37)35-21-17-32(18-22-35)33-19-25-39(26-20-33)51-52-50(42-13-4-6-15-44(42)54-51)43-14-5-7-16-47(43)57-52/h1-31H. The van der Waals surface area contributed by atoms with Crippen LogP contribution in [0.25, 0.3) is 121 Å². The average molecular weight is 726 g/mol. The highest BCUT2D eigenvalue weighted by atomic mass is 16.3. The van der Waals surface area contributed by atoms with Gasteiger partial charge >= 0.3 is 0 Å². The fourth-order valence-electron chi connectivity index (χ4n) is 8.69. The van der Waals surface area contributed by atoms with Crippen molar-refractivity contribution in [2.45, 2.75) is 0 Å². The summed E-state index contributed by atoms with van der Waals surface area (Å²) in [4.78, 5) is 15.6. The Bertz CT molecular complexity index is 3480. The lowest BCUT2D eigenvalue weighted by Crippen LogP contribution is -1.97. The zero-order chi connectivity index (χ0) is 37.5. The first-order valence-electron chi connectivity index (χ1n) is 19.3. The van der Waals surface area contributed by atoms with Crippen LogP contribution in [0.2, 0.25) is 0 Å². The summed E-state index contributed by atoms with van der Waals surface area (Å²) in [7, 11) is 0. The predicted molar refractivity (Wildman–Crippen MR) is 235 cm³/mol. The molecule has 0 aliphatic rings. The van der Waals surface area contributed by atoms with E-state index < -0.39 is 0 Å². The monoisotopic (exact) mass is 725 g/mol. The van der Waals surface area contributed by atoms with Crippen LogP contribution in [0.1, 0.15) is 0 Å². The molecule has 0 saturated carbocycles. The molecule has 0 unspecified atom stereocenters. The highest BCUT2D eigenvalue weighted by Crippen LogP contribution is 2.41. The van der Waals surface area contributed by atoms with Crippen molar-refractivity contribution in [2.24, 2.45) is 0 Å². The second kappa shape index (κ2) is 12.4. The molecule has 0 fully saturated rings. The molecule has 0 radical (unpaired) electrons. The minimum absolute atomic E-state index is 0.713. The number of fused-ring (bicyclic) bond motifs is 5. The highest BCUT2D eigenvalue weighted by Gasteiger charge is 2.19. The molecule has 0 atom stereocenters. The van der Waals surface area contributed by atoms with Crippen LogP contribution in [-0.4, -0.2) is 15.0 Å². The Balaban J connectivity index is 0.937. The molecule has 0 amide bonds. The summed E-state index contributed by atoms with van der Waals surface area (Å²) < 4.78 is 6.46. The summed E-state index contributed by atoms with van der Waals surface area (Å²) in [6.45, 7) is 0. The first-order chi connectivity index (χ1) is 28.2. The van der Waals surface area contributed by atoms with Crippen molar-refractivity contribution in [1.29, 1.82) is 0 Å². The van der Waals surface area contributed by atoms with Gasteiger partial charge in [-0.25, -0.2) is 15.0 Å². The lowest BCUT2D eigenvalue weighted by molar-refractivity contribution is 0.669. The van der Waals surface area contributed by atoms with Crippen molar-refractivity contribution in [1.82, 2.24) is 15.0 Å². The van der Waals surface area contributed by atoms with E-state index in [0.29, 0.717) is 5.82 Å². The molecule has 0 saturated heterocycles. The maximum absolute atomic E-state index is 6.46. The van der Waals surface area contributed by atoms with E-state index in [-0.39, 0.29) is 0 Å². The molecule has 57 heavy (non-hydrogen) atoms. The van der Waals surface area contributed by atoms with Crippen LogP contribution < -0.4 is 0 Å². The second-order valence-electron chi connectivity index (χ2n) is 14.7. The Morgan fingerprint density at radius 1 is 0.351 bits per heavy atom. The lowest BCUT2D eigenvalue weighted by Gasteiger charge is -2.15. The molecule has 4 heteroatoms. The third kappa shape index (κ3) is 5.04. The molecule has 9 aromatic carbocycles. The van der Waals surface area contributed by atoms with Crippen molar-refractivity contribution in [3.63, 3.8) is 0 Å². The van der Waals surface area contributed by atoms with Crippen molar-refractivity contribution in [3.8, 4) is 56.3 Å². The maximum Gasteiger partial charge on any atom is 0.162 e. The molecule has 0 bridgehead atoms. The van der Waals surface area contributed by atoms with Gasteiger partial charge in [-0.2, -0.15) is 0 Å². The summed E-state index contributed by atoms with van der Waals surface area (Å²) in [5.41, 5.74) is 11.6. The zero-order valence-electron chi connectivity index (χ0n) is 30.6. The van der Waals surface area contributed by atoms with Crippen molar-refractivity contribution < 1.29 is 4.42 Å². The van der Waals surface area contributed by atoms with E-state index in [9.17, 15) is 0 Å². The molecule has 3 heterocycles. The highest BCUT2D eigenvalue weighted by molar-refractivity contribution is 6.25. The van der Waals surface area contributed by atoms with Gasteiger partial charge in [-0.1, -0.05) is 164 Å². The Labute approximate surface area is 327 Å². The fraction of sp³-hybridized carbons (Fsp3) is 0. The van der Waals surface area contributed by atoms with Gasteiger partial charge in [0.05, 0.1) is 16.9 Å². The zero-order valence-corrected chi connectivity index (χ0v) is 30.6. The molecule has 0 N–H and O–H groups in total. The van der Waals surface area contributed by atoms with Crippen molar-refractivity contribution >= 4 is 65.2 Å². The number of hydrogen-bond acceptors (Lipinski definition) is 4. The third-order valence-corrected chi connectivity index (χ3v) is 11.5. The topological polar surface area (TPSA) is 51.8 Å². The van der Waals surface area contributed by atoms with Crippen LogP contribution in [0.15, 0.2) is 192 Å². The molecular formula is C53H31N3O. The normalized spacial score (nSPS) is 11.9. The predicted octanol–water partition coefficient (Wildman–Crippen LogP) is 14.2. The largest absolute Gasteiger partial charge is 0.454 e. The van der Waals surface area contributed by atoms with Gasteiger partial charge in [-0.05, 0) is 67.7 Å². The smallest absolute Gasteiger partial charge is 0.162 e. The number of aromatic nitrogens is 3. The van der Waals surface area contributed by atoms with Gasteiger partial charge < -0.3 is 4.42 Å².